The highest BCUT2D eigenvalue weighted by Gasteiger charge is 2.30. The number of allylic oxidation sites excluding steroid dienone is 1. The molecule has 0 heterocycles. The first-order valence-corrected chi connectivity index (χ1v) is 7.93. The number of rotatable bonds is 7. The molecular formula is C16H17Cl2N2O6-3. The first-order chi connectivity index (χ1) is 12.1. The lowest BCUT2D eigenvalue weighted by Crippen LogP contribution is -2.49. The van der Waals surface area contributed by atoms with Gasteiger partial charge in [-0.2, -0.15) is 0 Å². The summed E-state index contributed by atoms with van der Waals surface area (Å²) in [5.74, 6) is -4.37. The van der Waals surface area contributed by atoms with Crippen LogP contribution in [0.15, 0.2) is 30.9 Å². The van der Waals surface area contributed by atoms with Crippen LogP contribution < -0.4 is 26.0 Å². The summed E-state index contributed by atoms with van der Waals surface area (Å²) >= 11 is 12.0. The van der Waals surface area contributed by atoms with Crippen LogP contribution in [-0.2, 0) is 15.0 Å². The van der Waals surface area contributed by atoms with Gasteiger partial charge in [-0.1, -0.05) is 35.3 Å². The van der Waals surface area contributed by atoms with Crippen LogP contribution in [0.1, 0.15) is 12.0 Å². The van der Waals surface area contributed by atoms with Crippen molar-refractivity contribution in [1.82, 2.24) is 10.6 Å². The minimum Gasteiger partial charge on any atom is -0.543 e. The van der Waals surface area contributed by atoms with Crippen molar-refractivity contribution >= 4 is 41.2 Å². The Labute approximate surface area is 160 Å². The third-order valence-electron chi connectivity index (χ3n) is 3.32. The Morgan fingerprint density at radius 1 is 1.12 bits per heavy atom. The van der Waals surface area contributed by atoms with E-state index >= 15 is 0 Å². The van der Waals surface area contributed by atoms with E-state index in [1.54, 1.807) is 25.3 Å². The van der Waals surface area contributed by atoms with Crippen molar-refractivity contribution in [2.45, 2.75) is 11.8 Å². The molecule has 0 saturated heterocycles. The summed E-state index contributed by atoms with van der Waals surface area (Å²) in [6, 6.07) is 5.29. The van der Waals surface area contributed by atoms with Crippen LogP contribution in [0.2, 0.25) is 10.0 Å². The van der Waals surface area contributed by atoms with E-state index in [-0.39, 0.29) is 6.54 Å². The minimum absolute atomic E-state index is 0.195. The Balaban J connectivity index is 0.000000896. The van der Waals surface area contributed by atoms with E-state index < -0.39 is 23.4 Å². The molecule has 0 spiro atoms. The Hall–Kier alpha value is -2.29. The fourth-order valence-corrected chi connectivity index (χ4v) is 2.51. The molecule has 1 aromatic rings. The standard InChI is InChI=1S/C14H18Cl2N2O2.C2H2O4/c1-3-6-14(8-17-2,9-18-13(19)20)10-4-5-11(15)12(16)7-10;3-1(4)2(5)6/h3-5,7,17-18H,1,6,8-9H2,2H3,(H,19,20);(H,3,4)(H,5,6)/p-3. The van der Waals surface area contributed by atoms with Crippen LogP contribution in [0.4, 0.5) is 4.79 Å². The van der Waals surface area contributed by atoms with Gasteiger partial charge in [-0.15, -0.1) is 6.58 Å². The average molecular weight is 404 g/mol. The third-order valence-corrected chi connectivity index (χ3v) is 4.06. The maximum atomic E-state index is 10.7. The van der Waals surface area contributed by atoms with Gasteiger partial charge in [0.2, 0.25) is 0 Å². The lowest BCUT2D eigenvalue weighted by Gasteiger charge is -2.34. The summed E-state index contributed by atoms with van der Waals surface area (Å²) in [6.45, 7) is 4.49. The van der Waals surface area contributed by atoms with E-state index in [2.05, 4.69) is 17.2 Å². The van der Waals surface area contributed by atoms with Crippen molar-refractivity contribution in [3.8, 4) is 0 Å². The summed E-state index contributed by atoms with van der Waals surface area (Å²) in [5, 5.41) is 34.8. The topological polar surface area (TPSA) is 144 Å². The average Bonchev–Trinajstić information content (AvgIpc) is 2.56. The molecule has 0 aliphatic carbocycles. The zero-order valence-corrected chi connectivity index (χ0v) is 15.4. The molecule has 0 aliphatic heterocycles. The molecule has 10 heteroatoms. The van der Waals surface area contributed by atoms with Crippen LogP contribution in [0, 0.1) is 0 Å². The van der Waals surface area contributed by atoms with Gasteiger partial charge in [-0.3, -0.25) is 0 Å². The number of benzene rings is 1. The SMILES string of the molecule is C=CCC(CNC)(CNC(=O)[O-])c1ccc(Cl)c(Cl)c1.O=C([O-])C(=O)[O-]. The first-order valence-electron chi connectivity index (χ1n) is 7.18. The number of carboxylic acid groups (broad SMARTS) is 3. The zero-order valence-electron chi connectivity index (χ0n) is 13.8. The highest BCUT2D eigenvalue weighted by Crippen LogP contribution is 2.32. The van der Waals surface area contributed by atoms with Gasteiger partial charge in [0.1, 0.15) is 6.09 Å². The second-order valence-corrected chi connectivity index (χ2v) is 5.96. The van der Waals surface area contributed by atoms with E-state index in [0.717, 1.165) is 5.56 Å². The number of hydrogen-bond acceptors (Lipinski definition) is 7. The fraction of sp³-hybridized carbons (Fsp3) is 0.312. The third kappa shape index (κ3) is 7.73. The number of aliphatic carboxylic acids is 2. The quantitative estimate of drug-likeness (QED) is 0.413. The molecule has 0 radical (unpaired) electrons. The van der Waals surface area contributed by atoms with Crippen LogP contribution in [0.5, 0.6) is 0 Å². The monoisotopic (exact) mass is 403 g/mol. The summed E-state index contributed by atoms with van der Waals surface area (Å²) in [7, 11) is 1.80. The smallest absolute Gasteiger partial charge is 0.134 e. The van der Waals surface area contributed by atoms with Gasteiger partial charge in [0.15, 0.2) is 0 Å². The predicted octanol–water partition coefficient (Wildman–Crippen LogP) is -1.55. The molecule has 1 aromatic carbocycles. The van der Waals surface area contributed by atoms with Crippen molar-refractivity contribution in [3.05, 3.63) is 46.5 Å². The molecule has 0 fully saturated rings. The molecule has 2 N–H and O–H groups in total. The fourth-order valence-electron chi connectivity index (χ4n) is 2.21. The second kappa shape index (κ2) is 11.3. The number of hydrogen-bond donors (Lipinski definition) is 2. The molecular weight excluding hydrogens is 387 g/mol. The largest absolute Gasteiger partial charge is 0.543 e. The van der Waals surface area contributed by atoms with Crippen molar-refractivity contribution in [2.75, 3.05) is 20.1 Å². The Kier molecular flexibility index (Phi) is 10.3. The van der Waals surface area contributed by atoms with Crippen molar-refractivity contribution < 1.29 is 29.7 Å². The van der Waals surface area contributed by atoms with E-state index in [9.17, 15) is 9.90 Å². The van der Waals surface area contributed by atoms with Gasteiger partial charge >= 0.3 is 0 Å². The highest BCUT2D eigenvalue weighted by molar-refractivity contribution is 6.42. The Morgan fingerprint density at radius 2 is 1.69 bits per heavy atom. The van der Waals surface area contributed by atoms with Crippen molar-refractivity contribution in [3.63, 3.8) is 0 Å². The molecule has 0 aromatic heterocycles. The molecule has 1 atom stereocenters. The van der Waals surface area contributed by atoms with Crippen molar-refractivity contribution in [2.24, 2.45) is 0 Å². The molecule has 1 unspecified atom stereocenters. The Morgan fingerprint density at radius 3 is 2.08 bits per heavy atom. The lowest BCUT2D eigenvalue weighted by atomic mass is 9.77. The van der Waals surface area contributed by atoms with Gasteiger partial charge < -0.3 is 40.3 Å². The van der Waals surface area contributed by atoms with Gasteiger partial charge in [0.05, 0.1) is 22.0 Å². The normalized spacial score (nSPS) is 12.1. The summed E-state index contributed by atoms with van der Waals surface area (Å²) < 4.78 is 0. The summed E-state index contributed by atoms with van der Waals surface area (Å²) in [4.78, 5) is 28.5. The van der Waals surface area contributed by atoms with Gasteiger partial charge in [0.25, 0.3) is 0 Å². The van der Waals surface area contributed by atoms with E-state index in [0.29, 0.717) is 23.0 Å². The number of carbonyl (C=O) groups is 3. The van der Waals surface area contributed by atoms with E-state index in [1.165, 1.54) is 0 Å². The number of carboxylic acids is 2. The maximum absolute atomic E-state index is 10.7. The van der Waals surface area contributed by atoms with Gasteiger partial charge in [-0.05, 0) is 31.2 Å². The highest BCUT2D eigenvalue weighted by atomic mass is 35.5. The number of halogens is 2. The molecule has 144 valence electrons. The molecule has 0 bridgehead atoms. The number of likely N-dealkylation sites (N-methyl/N-ethyl adjacent to an activating group) is 1. The summed E-state index contributed by atoms with van der Waals surface area (Å²) in [5.41, 5.74) is 0.389. The molecule has 1 amide bonds. The maximum Gasteiger partial charge on any atom is 0.134 e. The lowest BCUT2D eigenvalue weighted by molar-refractivity contribution is -0.345. The summed E-state index contributed by atoms with van der Waals surface area (Å²) in [6.07, 6.45) is 1.01. The van der Waals surface area contributed by atoms with Crippen LogP contribution >= 0.6 is 23.2 Å². The Bertz CT molecular complexity index is 656. The molecule has 26 heavy (non-hydrogen) atoms. The second-order valence-electron chi connectivity index (χ2n) is 5.15. The van der Waals surface area contributed by atoms with Crippen LogP contribution in [0.25, 0.3) is 0 Å². The zero-order chi connectivity index (χ0) is 20.3. The first kappa shape index (κ1) is 23.7. The molecule has 8 nitrogen and oxygen atoms in total. The number of carbonyl (C=O) groups excluding carboxylic acids is 3. The van der Waals surface area contributed by atoms with E-state index in [1.807, 2.05) is 6.07 Å². The molecule has 0 saturated carbocycles. The van der Waals surface area contributed by atoms with Crippen molar-refractivity contribution in [1.29, 1.82) is 0 Å². The number of amides is 1. The number of nitrogens with one attached hydrogen (secondary N) is 2. The molecule has 1 rings (SSSR count). The van der Waals surface area contributed by atoms with Gasteiger partial charge in [-0.25, -0.2) is 0 Å². The van der Waals surface area contributed by atoms with Gasteiger partial charge in [0, 0.05) is 18.5 Å². The van der Waals surface area contributed by atoms with Crippen LogP contribution in [-0.4, -0.2) is 38.2 Å². The van der Waals surface area contributed by atoms with Crippen LogP contribution in [0.3, 0.4) is 0 Å². The van der Waals surface area contributed by atoms with E-state index in [4.69, 9.17) is 43.0 Å². The molecule has 0 aliphatic rings. The predicted molar refractivity (Wildman–Crippen MR) is 90.3 cm³/mol. The minimum atomic E-state index is -2.19.